The summed E-state index contributed by atoms with van der Waals surface area (Å²) in [6.45, 7) is 0. The monoisotopic (exact) mass is 314 g/mol. The van der Waals surface area contributed by atoms with Crippen LogP contribution >= 0.6 is 11.8 Å². The number of hydrogen-bond acceptors (Lipinski definition) is 4. The molecule has 22 heavy (non-hydrogen) atoms. The number of benzene rings is 2. The van der Waals surface area contributed by atoms with Gasteiger partial charge < -0.3 is 5.11 Å². The van der Waals surface area contributed by atoms with Gasteiger partial charge in [0, 0.05) is 10.9 Å². The van der Waals surface area contributed by atoms with Gasteiger partial charge in [0.25, 0.3) is 0 Å². The molecule has 3 aromatic rings. The van der Waals surface area contributed by atoms with Crippen LogP contribution in [0.25, 0.3) is 22.3 Å². The Morgan fingerprint density at radius 3 is 2.55 bits per heavy atom. The molecule has 4 nitrogen and oxygen atoms in total. The molecule has 0 unspecified atom stereocenters. The van der Waals surface area contributed by atoms with Crippen molar-refractivity contribution < 1.29 is 14.3 Å². The van der Waals surface area contributed by atoms with Crippen LogP contribution in [0.5, 0.6) is 0 Å². The Morgan fingerprint density at radius 1 is 1.09 bits per heavy atom. The highest BCUT2D eigenvalue weighted by atomic mass is 32.2. The number of fused-ring (bicyclic) bond motifs is 1. The summed E-state index contributed by atoms with van der Waals surface area (Å²) < 4.78 is 13.0. The van der Waals surface area contributed by atoms with Crippen molar-refractivity contribution in [1.29, 1.82) is 0 Å². The number of carbonyl (C=O) groups is 1. The summed E-state index contributed by atoms with van der Waals surface area (Å²) in [6, 6.07) is 13.3. The second-order valence-electron chi connectivity index (χ2n) is 4.56. The van der Waals surface area contributed by atoms with E-state index in [9.17, 15) is 9.18 Å². The minimum Gasteiger partial charge on any atom is -0.481 e. The highest BCUT2D eigenvalue weighted by Gasteiger charge is 2.11. The summed E-state index contributed by atoms with van der Waals surface area (Å²) in [5.41, 5.74) is 1.41. The minimum absolute atomic E-state index is 0.0795. The first-order valence-corrected chi connectivity index (χ1v) is 7.49. The molecule has 0 atom stereocenters. The Bertz CT molecular complexity index is 837. The molecular weight excluding hydrogens is 303 g/mol. The summed E-state index contributed by atoms with van der Waals surface area (Å²) in [5.74, 6) is -0.864. The van der Waals surface area contributed by atoms with E-state index in [0.29, 0.717) is 16.4 Å². The maximum Gasteiger partial charge on any atom is 0.313 e. The molecule has 6 heteroatoms. The molecule has 1 heterocycles. The van der Waals surface area contributed by atoms with Gasteiger partial charge in [0.2, 0.25) is 0 Å². The number of rotatable bonds is 4. The third kappa shape index (κ3) is 3.07. The molecule has 0 spiro atoms. The zero-order valence-corrected chi connectivity index (χ0v) is 12.2. The fourth-order valence-corrected chi connectivity index (χ4v) is 2.75. The van der Waals surface area contributed by atoms with E-state index in [0.717, 1.165) is 22.7 Å². The van der Waals surface area contributed by atoms with Crippen LogP contribution in [0, 0.1) is 5.82 Å². The number of thioether (sulfide) groups is 1. The van der Waals surface area contributed by atoms with E-state index in [1.807, 2.05) is 24.3 Å². The lowest BCUT2D eigenvalue weighted by Crippen LogP contribution is -2.00. The van der Waals surface area contributed by atoms with Crippen LogP contribution in [0.3, 0.4) is 0 Å². The van der Waals surface area contributed by atoms with E-state index in [-0.39, 0.29) is 11.6 Å². The third-order valence-corrected chi connectivity index (χ3v) is 3.98. The first kappa shape index (κ1) is 14.5. The number of halogens is 1. The van der Waals surface area contributed by atoms with Crippen LogP contribution in [0.15, 0.2) is 53.6 Å². The summed E-state index contributed by atoms with van der Waals surface area (Å²) in [4.78, 5) is 19.7. The van der Waals surface area contributed by atoms with E-state index in [2.05, 4.69) is 9.97 Å². The first-order chi connectivity index (χ1) is 10.6. The Labute approximate surface area is 130 Å². The molecule has 0 fully saturated rings. The topological polar surface area (TPSA) is 63.1 Å². The molecule has 1 N–H and O–H groups in total. The Morgan fingerprint density at radius 2 is 1.82 bits per heavy atom. The molecule has 0 aliphatic carbocycles. The fraction of sp³-hybridized carbons (Fsp3) is 0.0625. The molecule has 0 amide bonds. The van der Waals surface area contributed by atoms with Crippen molar-refractivity contribution in [3.63, 3.8) is 0 Å². The van der Waals surface area contributed by atoms with Gasteiger partial charge in [-0.2, -0.15) is 0 Å². The molecule has 0 bridgehead atoms. The van der Waals surface area contributed by atoms with Crippen molar-refractivity contribution in [3.8, 4) is 11.4 Å². The second-order valence-corrected chi connectivity index (χ2v) is 5.52. The number of nitrogens with zero attached hydrogens (tertiary/aromatic N) is 2. The lowest BCUT2D eigenvalue weighted by Gasteiger charge is -2.07. The fourth-order valence-electron chi connectivity index (χ4n) is 2.02. The van der Waals surface area contributed by atoms with Crippen molar-refractivity contribution >= 4 is 28.6 Å². The molecule has 0 aliphatic rings. The minimum atomic E-state index is -0.906. The zero-order chi connectivity index (χ0) is 15.5. The molecular formula is C16H11FN2O2S. The smallest absolute Gasteiger partial charge is 0.313 e. The Balaban J connectivity index is 2.11. The summed E-state index contributed by atoms with van der Waals surface area (Å²) in [6.07, 6.45) is 0. The van der Waals surface area contributed by atoms with E-state index >= 15 is 0 Å². The lowest BCUT2D eigenvalue weighted by atomic mass is 10.2. The lowest BCUT2D eigenvalue weighted by molar-refractivity contribution is -0.133. The maximum absolute atomic E-state index is 13.0. The summed E-state index contributed by atoms with van der Waals surface area (Å²) >= 11 is 1.15. The van der Waals surface area contributed by atoms with Crippen molar-refractivity contribution in [2.24, 2.45) is 0 Å². The predicted molar refractivity (Wildman–Crippen MR) is 83.3 cm³/mol. The van der Waals surface area contributed by atoms with Crippen molar-refractivity contribution in [2.75, 3.05) is 5.75 Å². The summed E-state index contributed by atoms with van der Waals surface area (Å²) in [7, 11) is 0. The molecule has 2 aromatic carbocycles. The standard InChI is InChI=1S/C16H11FN2O2S/c17-11-7-5-10(6-8-11)15-18-13-4-2-1-3-12(13)16(19-15)22-9-14(20)21/h1-8H,9H2,(H,20,21). The molecule has 0 aliphatic heterocycles. The molecule has 0 saturated heterocycles. The van der Waals surface area contributed by atoms with Gasteiger partial charge in [0.15, 0.2) is 5.82 Å². The molecule has 1 aromatic heterocycles. The van der Waals surface area contributed by atoms with Crippen LogP contribution in [0.1, 0.15) is 0 Å². The van der Waals surface area contributed by atoms with Crippen molar-refractivity contribution in [2.45, 2.75) is 5.03 Å². The second kappa shape index (κ2) is 6.11. The number of aromatic nitrogens is 2. The largest absolute Gasteiger partial charge is 0.481 e. The number of aliphatic carboxylic acids is 1. The van der Waals surface area contributed by atoms with Crippen LogP contribution < -0.4 is 0 Å². The SMILES string of the molecule is O=C(O)CSc1nc(-c2ccc(F)cc2)nc2ccccc12. The number of hydrogen-bond donors (Lipinski definition) is 1. The molecule has 110 valence electrons. The van der Waals surface area contributed by atoms with Crippen LogP contribution in [0.4, 0.5) is 4.39 Å². The Kier molecular flexibility index (Phi) is 4.02. The van der Waals surface area contributed by atoms with Gasteiger partial charge in [-0.1, -0.05) is 30.0 Å². The zero-order valence-electron chi connectivity index (χ0n) is 11.4. The van der Waals surface area contributed by atoms with Crippen LogP contribution in [-0.2, 0) is 4.79 Å². The third-order valence-electron chi connectivity index (χ3n) is 3.00. The normalized spacial score (nSPS) is 10.8. The quantitative estimate of drug-likeness (QED) is 0.589. The highest BCUT2D eigenvalue weighted by molar-refractivity contribution is 8.00. The number of carboxylic acids is 1. The van der Waals surface area contributed by atoms with Gasteiger partial charge >= 0.3 is 5.97 Å². The van der Waals surface area contributed by atoms with Crippen LogP contribution in [0.2, 0.25) is 0 Å². The molecule has 0 radical (unpaired) electrons. The van der Waals surface area contributed by atoms with Gasteiger partial charge in [-0.25, -0.2) is 14.4 Å². The number of para-hydroxylation sites is 1. The predicted octanol–water partition coefficient (Wildman–Crippen LogP) is 3.61. The van der Waals surface area contributed by atoms with E-state index in [1.54, 1.807) is 12.1 Å². The van der Waals surface area contributed by atoms with E-state index in [4.69, 9.17) is 5.11 Å². The van der Waals surface area contributed by atoms with Crippen molar-refractivity contribution in [3.05, 3.63) is 54.3 Å². The van der Waals surface area contributed by atoms with Crippen LogP contribution in [-0.4, -0.2) is 26.8 Å². The van der Waals surface area contributed by atoms with Gasteiger partial charge in [-0.15, -0.1) is 0 Å². The summed E-state index contributed by atoms with van der Waals surface area (Å²) in [5, 5.41) is 10.3. The first-order valence-electron chi connectivity index (χ1n) is 6.51. The van der Waals surface area contributed by atoms with E-state index in [1.165, 1.54) is 12.1 Å². The molecule has 0 saturated carbocycles. The maximum atomic E-state index is 13.0. The molecule has 3 rings (SSSR count). The highest BCUT2D eigenvalue weighted by Crippen LogP contribution is 2.28. The van der Waals surface area contributed by atoms with Gasteiger partial charge in [0.05, 0.1) is 11.3 Å². The number of carboxylic acid groups (broad SMARTS) is 1. The van der Waals surface area contributed by atoms with Gasteiger partial charge in [0.1, 0.15) is 10.8 Å². The van der Waals surface area contributed by atoms with E-state index < -0.39 is 5.97 Å². The van der Waals surface area contributed by atoms with Gasteiger partial charge in [-0.3, -0.25) is 4.79 Å². The van der Waals surface area contributed by atoms with Crippen molar-refractivity contribution in [1.82, 2.24) is 9.97 Å². The van der Waals surface area contributed by atoms with Gasteiger partial charge in [-0.05, 0) is 30.3 Å². The average Bonchev–Trinajstić information content (AvgIpc) is 2.53. The average molecular weight is 314 g/mol. The Hall–Kier alpha value is -2.47.